The molecule has 0 bridgehead atoms. The summed E-state index contributed by atoms with van der Waals surface area (Å²) in [5.74, 6) is -0.375. The molecule has 0 radical (unpaired) electrons. The van der Waals surface area contributed by atoms with Gasteiger partial charge in [0.2, 0.25) is 0 Å². The van der Waals surface area contributed by atoms with E-state index in [1.54, 1.807) is 0 Å². The van der Waals surface area contributed by atoms with Gasteiger partial charge in [-0.1, -0.05) is 6.92 Å². The molecule has 0 saturated carbocycles. The van der Waals surface area contributed by atoms with E-state index in [1.165, 1.54) is 13.8 Å². The largest absolute Gasteiger partial charge is 1.00 e. The molecule has 0 N–H and O–H groups in total. The maximum Gasteiger partial charge on any atom is 1.00 e. The minimum absolute atomic E-state index is 0. The minimum Gasteiger partial charge on any atom is -0.876 e. The third kappa shape index (κ3) is 9.96. The van der Waals surface area contributed by atoms with Gasteiger partial charge in [0.15, 0.2) is 5.78 Å². The summed E-state index contributed by atoms with van der Waals surface area (Å²) < 4.78 is 0. The van der Waals surface area contributed by atoms with Crippen molar-refractivity contribution < 1.29 is 61.3 Å². The van der Waals surface area contributed by atoms with Gasteiger partial charge < -0.3 is 5.11 Å². The number of carbonyl (C=O) groups is 1. The van der Waals surface area contributed by atoms with Gasteiger partial charge in [0.25, 0.3) is 0 Å². The molecule has 0 aliphatic heterocycles. The minimum atomic E-state index is -0.187. The van der Waals surface area contributed by atoms with E-state index >= 15 is 0 Å². The van der Waals surface area contributed by atoms with Crippen LogP contribution in [-0.4, -0.2) is 5.78 Å². The summed E-state index contributed by atoms with van der Waals surface area (Å²) in [4.78, 5) is 9.98. The molecule has 0 spiro atoms. The molecule has 3 heteroatoms. The van der Waals surface area contributed by atoms with Crippen molar-refractivity contribution in [3.05, 3.63) is 11.8 Å². The molecular formula is C5H7KO2. The van der Waals surface area contributed by atoms with E-state index in [0.717, 1.165) is 6.08 Å². The second-order valence-corrected chi connectivity index (χ2v) is 1.37. The average Bonchev–Trinajstić information content (AvgIpc) is 1.27. The van der Waals surface area contributed by atoms with Gasteiger partial charge in [-0.2, -0.15) is 0 Å². The third-order valence-corrected chi connectivity index (χ3v) is 0.407. The van der Waals surface area contributed by atoms with Crippen LogP contribution in [0.15, 0.2) is 11.8 Å². The summed E-state index contributed by atoms with van der Waals surface area (Å²) in [6, 6.07) is 0. The predicted molar refractivity (Wildman–Crippen MR) is 24.4 cm³/mol. The maximum atomic E-state index is 9.98. The van der Waals surface area contributed by atoms with E-state index < -0.39 is 0 Å². The molecule has 0 aliphatic rings. The molecule has 0 fully saturated rings. The molecule has 0 rings (SSSR count). The molecule has 0 aliphatic carbocycles. The van der Waals surface area contributed by atoms with Crippen molar-refractivity contribution in [1.29, 1.82) is 0 Å². The first-order valence-corrected chi connectivity index (χ1v) is 1.99. The maximum absolute atomic E-state index is 9.98. The second kappa shape index (κ2) is 5.97. The van der Waals surface area contributed by atoms with E-state index in [0.29, 0.717) is 0 Å². The molecule has 0 heterocycles. The Balaban J connectivity index is 0. The van der Waals surface area contributed by atoms with Gasteiger partial charge in [-0.3, -0.25) is 4.79 Å². The van der Waals surface area contributed by atoms with E-state index in [-0.39, 0.29) is 62.9 Å². The van der Waals surface area contributed by atoms with Gasteiger partial charge in [-0.05, 0) is 13.0 Å². The van der Waals surface area contributed by atoms with Crippen LogP contribution in [0.1, 0.15) is 13.8 Å². The van der Waals surface area contributed by atoms with Crippen LogP contribution in [-0.2, 0) is 4.79 Å². The van der Waals surface area contributed by atoms with Crippen molar-refractivity contribution in [3.8, 4) is 0 Å². The number of carbonyl (C=O) groups excluding carboxylic acids is 1. The molecule has 0 amide bonds. The summed E-state index contributed by atoms with van der Waals surface area (Å²) in [6.07, 6.45) is 1.06. The topological polar surface area (TPSA) is 40.1 Å². The predicted octanol–water partition coefficient (Wildman–Crippen LogP) is -3.16. The van der Waals surface area contributed by atoms with Crippen molar-refractivity contribution >= 4 is 5.78 Å². The Morgan fingerprint density at radius 3 is 1.88 bits per heavy atom. The molecule has 2 nitrogen and oxygen atoms in total. The van der Waals surface area contributed by atoms with Crippen LogP contribution in [0.25, 0.3) is 0 Å². The Labute approximate surface area is 91.4 Å². The summed E-state index contributed by atoms with van der Waals surface area (Å²) in [6.45, 7) is 2.70. The summed E-state index contributed by atoms with van der Waals surface area (Å²) in [5.41, 5.74) is 0. The monoisotopic (exact) mass is 138 g/mol. The molecule has 0 unspecified atom stereocenters. The van der Waals surface area contributed by atoms with E-state index in [9.17, 15) is 9.90 Å². The normalized spacial score (nSPS) is 10.0. The van der Waals surface area contributed by atoms with Crippen LogP contribution in [0.4, 0.5) is 0 Å². The van der Waals surface area contributed by atoms with Gasteiger partial charge in [0.05, 0.1) is 0 Å². The molecule has 0 aromatic carbocycles. The Kier molecular flexibility index (Phi) is 8.68. The Bertz CT molecular complexity index is 103. The number of allylic oxidation sites excluding steroid dienone is 2. The third-order valence-electron chi connectivity index (χ3n) is 0.407. The molecule has 0 aromatic heterocycles. The van der Waals surface area contributed by atoms with Gasteiger partial charge in [0, 0.05) is 0 Å². The van der Waals surface area contributed by atoms with E-state index in [1.807, 2.05) is 0 Å². The van der Waals surface area contributed by atoms with Crippen molar-refractivity contribution in [2.45, 2.75) is 13.8 Å². The van der Waals surface area contributed by atoms with Crippen molar-refractivity contribution in [1.82, 2.24) is 0 Å². The van der Waals surface area contributed by atoms with E-state index in [2.05, 4.69) is 0 Å². The molecule has 0 saturated heterocycles. The molecule has 0 aromatic rings. The SMILES string of the molecule is CC(=O)C=C(C)[O-].[K+]. The first-order chi connectivity index (χ1) is 3.13. The van der Waals surface area contributed by atoms with Crippen molar-refractivity contribution in [2.75, 3.05) is 0 Å². The van der Waals surface area contributed by atoms with Gasteiger partial charge in [0.1, 0.15) is 0 Å². The molecule has 0 atom stereocenters. The summed E-state index contributed by atoms with van der Waals surface area (Å²) >= 11 is 0. The summed E-state index contributed by atoms with van der Waals surface area (Å²) in [5, 5.41) is 9.98. The number of hydrogen-bond acceptors (Lipinski definition) is 2. The zero-order valence-corrected chi connectivity index (χ0v) is 8.52. The molecule has 8 heavy (non-hydrogen) atoms. The van der Waals surface area contributed by atoms with Crippen molar-refractivity contribution in [3.63, 3.8) is 0 Å². The fourth-order valence-corrected chi connectivity index (χ4v) is 0.286. The zero-order chi connectivity index (χ0) is 5.86. The fraction of sp³-hybridized carbons (Fsp3) is 0.400. The van der Waals surface area contributed by atoms with Crippen LogP contribution in [0, 0.1) is 0 Å². The van der Waals surface area contributed by atoms with Crippen LogP contribution in [0.2, 0.25) is 0 Å². The summed E-state index contributed by atoms with van der Waals surface area (Å²) in [7, 11) is 0. The Morgan fingerprint density at radius 2 is 1.88 bits per heavy atom. The standard InChI is InChI=1S/C5H8O2.K/c1-4(6)3-5(2)7;/h3,6H,1-2H3;/q;+1/p-1. The average molecular weight is 138 g/mol. The second-order valence-electron chi connectivity index (χ2n) is 1.37. The first-order valence-electron chi connectivity index (χ1n) is 1.99. The molecular weight excluding hydrogens is 131 g/mol. The quantitative estimate of drug-likeness (QED) is 0.218. The van der Waals surface area contributed by atoms with Crippen molar-refractivity contribution in [2.24, 2.45) is 0 Å². The van der Waals surface area contributed by atoms with Crippen LogP contribution in [0.5, 0.6) is 0 Å². The van der Waals surface area contributed by atoms with Gasteiger partial charge >= 0.3 is 51.4 Å². The fourth-order valence-electron chi connectivity index (χ4n) is 0.286. The van der Waals surface area contributed by atoms with Crippen LogP contribution in [0.3, 0.4) is 0 Å². The smallest absolute Gasteiger partial charge is 0.876 e. The van der Waals surface area contributed by atoms with Crippen LogP contribution >= 0.6 is 0 Å². The number of hydrogen-bond donors (Lipinski definition) is 0. The van der Waals surface area contributed by atoms with Gasteiger partial charge in [-0.15, -0.1) is 5.76 Å². The van der Waals surface area contributed by atoms with E-state index in [4.69, 9.17) is 0 Å². The molecule has 40 valence electrons. The Hall–Kier alpha value is 0.846. The zero-order valence-electron chi connectivity index (χ0n) is 5.39. The first kappa shape index (κ1) is 11.6. The van der Waals surface area contributed by atoms with Gasteiger partial charge in [-0.25, -0.2) is 0 Å². The van der Waals surface area contributed by atoms with Crippen LogP contribution < -0.4 is 56.5 Å². The number of ketones is 1. The Morgan fingerprint density at radius 1 is 1.50 bits per heavy atom. The number of rotatable bonds is 1.